The minimum absolute atomic E-state index is 0.00619. The zero-order chi connectivity index (χ0) is 25.4. The smallest absolute Gasteiger partial charge is 0.256 e. The topological polar surface area (TPSA) is 118 Å². The molecule has 3 aliphatic heterocycles. The van der Waals surface area contributed by atoms with Gasteiger partial charge in [-0.2, -0.15) is 0 Å². The van der Waals surface area contributed by atoms with Gasteiger partial charge in [0.25, 0.3) is 11.8 Å². The molecule has 3 aliphatic rings. The van der Waals surface area contributed by atoms with Crippen LogP contribution in [-0.4, -0.2) is 76.9 Å². The summed E-state index contributed by atoms with van der Waals surface area (Å²) < 4.78 is 14.6. The Hall–Kier alpha value is -3.50. The molecule has 0 saturated carbocycles. The minimum atomic E-state index is -0.779. The first-order valence-electron chi connectivity index (χ1n) is 12.4. The summed E-state index contributed by atoms with van der Waals surface area (Å²) in [5, 5.41) is 13.9. The van der Waals surface area contributed by atoms with E-state index in [2.05, 4.69) is 20.5 Å². The standard InChI is InChI=1S/C26H30FN5O4/c1-15-20(12-17-16-11-18(27)22(29-23(34)14-33)13-21(16)30-25(17)35)28-19-5-4-8-32(26(36)24(15)19)10-9-31-6-2-3-7-31/h11-13,28,33H,2-10,14H2,1H3,(H,29,34)(H,30,35). The third-order valence-electron chi connectivity index (χ3n) is 7.20. The average molecular weight is 496 g/mol. The molecule has 0 bridgehead atoms. The first-order valence-corrected chi connectivity index (χ1v) is 12.4. The number of carbonyl (C=O) groups is 3. The molecule has 5 rings (SSSR count). The van der Waals surface area contributed by atoms with E-state index in [9.17, 15) is 18.8 Å². The molecule has 0 spiro atoms. The highest BCUT2D eigenvalue weighted by molar-refractivity contribution is 6.35. The molecular weight excluding hydrogens is 465 g/mol. The van der Waals surface area contributed by atoms with Crippen LogP contribution in [0, 0.1) is 12.7 Å². The first kappa shape index (κ1) is 24.2. The SMILES string of the molecule is Cc1c(C=C2C(=O)Nc3cc(NC(=O)CO)c(F)cc32)[nH]c2c1C(=O)N(CCN1CCCC1)CCC2. The fourth-order valence-electron chi connectivity index (χ4n) is 5.27. The summed E-state index contributed by atoms with van der Waals surface area (Å²) in [7, 11) is 0. The number of hydrogen-bond acceptors (Lipinski definition) is 5. The summed E-state index contributed by atoms with van der Waals surface area (Å²) in [5.74, 6) is -1.87. The van der Waals surface area contributed by atoms with Crippen LogP contribution in [0.25, 0.3) is 11.6 Å². The fourth-order valence-corrected chi connectivity index (χ4v) is 5.27. The number of H-pyrrole nitrogens is 1. The van der Waals surface area contributed by atoms with Crippen LogP contribution < -0.4 is 10.6 Å². The number of carbonyl (C=O) groups excluding carboxylic acids is 3. The Labute approximate surface area is 208 Å². The predicted molar refractivity (Wildman–Crippen MR) is 134 cm³/mol. The summed E-state index contributed by atoms with van der Waals surface area (Å²) in [6, 6.07) is 2.51. The number of anilines is 2. The zero-order valence-corrected chi connectivity index (χ0v) is 20.2. The predicted octanol–water partition coefficient (Wildman–Crippen LogP) is 2.37. The Bertz CT molecular complexity index is 1260. The van der Waals surface area contributed by atoms with Crippen molar-refractivity contribution < 1.29 is 23.9 Å². The second-order valence-corrected chi connectivity index (χ2v) is 9.56. The maximum absolute atomic E-state index is 14.6. The summed E-state index contributed by atoms with van der Waals surface area (Å²) in [6.07, 6.45) is 5.67. The molecule has 1 fully saturated rings. The van der Waals surface area contributed by atoms with Crippen LogP contribution in [0.4, 0.5) is 15.8 Å². The van der Waals surface area contributed by atoms with Gasteiger partial charge in [0.05, 0.1) is 22.5 Å². The van der Waals surface area contributed by atoms with Crippen LogP contribution in [-0.2, 0) is 16.0 Å². The number of aromatic amines is 1. The summed E-state index contributed by atoms with van der Waals surface area (Å²) in [4.78, 5) is 45.3. The van der Waals surface area contributed by atoms with Gasteiger partial charge in [-0.15, -0.1) is 0 Å². The number of nitrogens with zero attached hydrogens (tertiary/aromatic N) is 2. The van der Waals surface area contributed by atoms with Gasteiger partial charge in [0.2, 0.25) is 5.91 Å². The van der Waals surface area contributed by atoms with E-state index in [4.69, 9.17) is 5.11 Å². The molecule has 0 radical (unpaired) electrons. The Morgan fingerprint density at radius 1 is 1.17 bits per heavy atom. The van der Waals surface area contributed by atoms with E-state index in [1.807, 2.05) is 11.8 Å². The average Bonchev–Trinajstić information content (AvgIpc) is 3.53. The van der Waals surface area contributed by atoms with E-state index < -0.39 is 24.2 Å². The van der Waals surface area contributed by atoms with Gasteiger partial charge < -0.3 is 30.5 Å². The van der Waals surface area contributed by atoms with Crippen LogP contribution in [0.2, 0.25) is 0 Å². The normalized spacial score (nSPS) is 18.9. The lowest BCUT2D eigenvalue weighted by Gasteiger charge is -2.24. The number of nitrogens with one attached hydrogen (secondary N) is 3. The largest absolute Gasteiger partial charge is 0.387 e. The lowest BCUT2D eigenvalue weighted by molar-refractivity contribution is -0.118. The molecule has 4 N–H and O–H groups in total. The second-order valence-electron chi connectivity index (χ2n) is 9.56. The van der Waals surface area contributed by atoms with Crippen molar-refractivity contribution in [3.05, 3.63) is 46.0 Å². The fraction of sp³-hybridized carbons (Fsp3) is 0.423. The molecule has 190 valence electrons. The number of aromatic nitrogens is 1. The van der Waals surface area contributed by atoms with Crippen LogP contribution in [0.15, 0.2) is 12.1 Å². The lowest BCUT2D eigenvalue weighted by Crippen LogP contribution is -2.38. The highest BCUT2D eigenvalue weighted by Crippen LogP contribution is 2.37. The zero-order valence-electron chi connectivity index (χ0n) is 20.2. The van der Waals surface area contributed by atoms with Crippen LogP contribution >= 0.6 is 0 Å². The summed E-state index contributed by atoms with van der Waals surface area (Å²) in [6.45, 7) is 5.56. The number of halogens is 1. The van der Waals surface area contributed by atoms with Crippen molar-refractivity contribution >= 4 is 40.7 Å². The molecule has 0 unspecified atom stereocenters. The number of rotatable bonds is 6. The van der Waals surface area contributed by atoms with Crippen molar-refractivity contribution in [1.82, 2.24) is 14.8 Å². The van der Waals surface area contributed by atoms with Gasteiger partial charge in [0.15, 0.2) is 0 Å². The van der Waals surface area contributed by atoms with Gasteiger partial charge in [0, 0.05) is 36.6 Å². The molecule has 9 nitrogen and oxygen atoms in total. The Morgan fingerprint density at radius 2 is 1.94 bits per heavy atom. The molecule has 36 heavy (non-hydrogen) atoms. The van der Waals surface area contributed by atoms with Gasteiger partial charge in [-0.05, 0) is 69.5 Å². The number of aryl methyl sites for hydroxylation is 1. The second kappa shape index (κ2) is 9.87. The molecule has 3 amide bonds. The maximum Gasteiger partial charge on any atom is 0.256 e. The van der Waals surface area contributed by atoms with Crippen molar-refractivity contribution in [1.29, 1.82) is 0 Å². The van der Waals surface area contributed by atoms with Gasteiger partial charge in [0.1, 0.15) is 12.4 Å². The van der Waals surface area contributed by atoms with E-state index in [0.717, 1.165) is 50.3 Å². The molecular formula is C26H30FN5O4. The third kappa shape index (κ3) is 4.54. The van der Waals surface area contributed by atoms with Crippen molar-refractivity contribution in [3.63, 3.8) is 0 Å². The van der Waals surface area contributed by atoms with Crippen molar-refractivity contribution in [2.75, 3.05) is 50.0 Å². The van der Waals surface area contributed by atoms with Gasteiger partial charge >= 0.3 is 0 Å². The van der Waals surface area contributed by atoms with Crippen molar-refractivity contribution in [3.8, 4) is 0 Å². The highest BCUT2D eigenvalue weighted by Gasteiger charge is 2.30. The number of benzene rings is 1. The van der Waals surface area contributed by atoms with E-state index in [1.54, 1.807) is 6.08 Å². The van der Waals surface area contributed by atoms with E-state index in [0.29, 0.717) is 29.1 Å². The highest BCUT2D eigenvalue weighted by atomic mass is 19.1. The number of fused-ring (bicyclic) bond motifs is 2. The lowest BCUT2D eigenvalue weighted by atomic mass is 10.0. The number of aliphatic hydroxyl groups is 1. The third-order valence-corrected chi connectivity index (χ3v) is 7.20. The van der Waals surface area contributed by atoms with Gasteiger partial charge in [-0.25, -0.2) is 4.39 Å². The molecule has 0 atom stereocenters. The Kier molecular flexibility index (Phi) is 6.63. The Morgan fingerprint density at radius 3 is 2.69 bits per heavy atom. The van der Waals surface area contributed by atoms with Crippen molar-refractivity contribution in [2.24, 2.45) is 0 Å². The first-order chi connectivity index (χ1) is 17.4. The summed E-state index contributed by atoms with van der Waals surface area (Å²) in [5.41, 5.74) is 3.79. The summed E-state index contributed by atoms with van der Waals surface area (Å²) >= 11 is 0. The molecule has 1 aromatic carbocycles. The van der Waals surface area contributed by atoms with Crippen molar-refractivity contribution in [2.45, 2.75) is 32.6 Å². The van der Waals surface area contributed by atoms with Gasteiger partial charge in [-0.1, -0.05) is 0 Å². The number of aliphatic hydroxyl groups excluding tert-OH is 1. The molecule has 1 saturated heterocycles. The maximum atomic E-state index is 14.6. The molecule has 10 heteroatoms. The van der Waals surface area contributed by atoms with Crippen LogP contribution in [0.3, 0.4) is 0 Å². The number of amides is 3. The van der Waals surface area contributed by atoms with Crippen LogP contribution in [0.5, 0.6) is 0 Å². The molecule has 4 heterocycles. The Balaban J connectivity index is 1.42. The number of hydrogen-bond donors (Lipinski definition) is 4. The van der Waals surface area contributed by atoms with E-state index >= 15 is 0 Å². The van der Waals surface area contributed by atoms with Crippen LogP contribution in [0.1, 0.15) is 52.1 Å². The van der Waals surface area contributed by atoms with E-state index in [1.165, 1.54) is 25.0 Å². The van der Waals surface area contributed by atoms with Gasteiger partial charge in [-0.3, -0.25) is 14.4 Å². The quantitative estimate of drug-likeness (QED) is 0.459. The monoisotopic (exact) mass is 495 g/mol. The molecule has 1 aromatic heterocycles. The minimum Gasteiger partial charge on any atom is -0.387 e. The number of likely N-dealkylation sites (tertiary alicyclic amines) is 1. The van der Waals surface area contributed by atoms with E-state index in [-0.39, 0.29) is 17.2 Å². The molecule has 2 aromatic rings. The molecule has 0 aliphatic carbocycles.